The van der Waals surface area contributed by atoms with Gasteiger partial charge in [0.05, 0.1) is 0 Å². The average Bonchev–Trinajstić information content (AvgIpc) is 2.42. The summed E-state index contributed by atoms with van der Waals surface area (Å²) in [4.78, 5) is 0. The van der Waals surface area contributed by atoms with Crippen LogP contribution in [-0.2, 0) is 0 Å². The maximum Gasteiger partial charge on any atom is 0.0294 e. The van der Waals surface area contributed by atoms with Gasteiger partial charge >= 0.3 is 0 Å². The van der Waals surface area contributed by atoms with E-state index in [2.05, 4.69) is 58.1 Å². The van der Waals surface area contributed by atoms with Gasteiger partial charge in [-0.3, -0.25) is 0 Å². The van der Waals surface area contributed by atoms with Gasteiger partial charge in [0.2, 0.25) is 0 Å². The maximum atomic E-state index is 3.91. The molecule has 20 heavy (non-hydrogen) atoms. The van der Waals surface area contributed by atoms with E-state index in [1.807, 2.05) is 0 Å². The second-order valence-corrected chi connectivity index (χ2v) is 7.03. The van der Waals surface area contributed by atoms with Gasteiger partial charge < -0.3 is 5.32 Å². The highest BCUT2D eigenvalue weighted by Gasteiger charge is 2.28. The van der Waals surface area contributed by atoms with Crippen molar-refractivity contribution in [1.29, 1.82) is 0 Å². The highest BCUT2D eigenvalue weighted by molar-refractivity contribution is 5.31. The SMILES string of the molecule is Cc1ccc(C(C)NC2CCCCC2C(C)C)cc1C. The molecule has 3 unspecified atom stereocenters. The van der Waals surface area contributed by atoms with Crippen molar-refractivity contribution in [3.8, 4) is 0 Å². The van der Waals surface area contributed by atoms with E-state index in [0.29, 0.717) is 12.1 Å². The van der Waals surface area contributed by atoms with Crippen molar-refractivity contribution in [3.05, 3.63) is 34.9 Å². The lowest BCUT2D eigenvalue weighted by Crippen LogP contribution is -2.42. The number of aryl methyl sites for hydroxylation is 2. The fourth-order valence-corrected chi connectivity index (χ4v) is 3.62. The fraction of sp³-hybridized carbons (Fsp3) is 0.684. The Balaban J connectivity index is 2.05. The molecule has 3 atom stereocenters. The predicted octanol–water partition coefficient (Wildman–Crippen LogP) is 5.17. The van der Waals surface area contributed by atoms with E-state index >= 15 is 0 Å². The number of hydrogen-bond acceptors (Lipinski definition) is 1. The van der Waals surface area contributed by atoms with Gasteiger partial charge in [-0.25, -0.2) is 0 Å². The van der Waals surface area contributed by atoms with Crippen LogP contribution >= 0.6 is 0 Å². The zero-order valence-electron chi connectivity index (χ0n) is 13.9. The zero-order chi connectivity index (χ0) is 14.7. The smallest absolute Gasteiger partial charge is 0.0294 e. The van der Waals surface area contributed by atoms with Crippen molar-refractivity contribution >= 4 is 0 Å². The van der Waals surface area contributed by atoms with Crippen molar-refractivity contribution < 1.29 is 0 Å². The Kier molecular flexibility index (Phi) is 5.26. The lowest BCUT2D eigenvalue weighted by atomic mass is 9.77. The van der Waals surface area contributed by atoms with E-state index in [-0.39, 0.29) is 0 Å². The van der Waals surface area contributed by atoms with Gasteiger partial charge in [0, 0.05) is 12.1 Å². The second-order valence-electron chi connectivity index (χ2n) is 7.03. The van der Waals surface area contributed by atoms with E-state index in [4.69, 9.17) is 0 Å². The third kappa shape index (κ3) is 3.63. The molecule has 0 aromatic heterocycles. The molecule has 1 aliphatic rings. The van der Waals surface area contributed by atoms with Crippen molar-refractivity contribution in [2.45, 2.75) is 72.4 Å². The average molecular weight is 273 g/mol. The van der Waals surface area contributed by atoms with Crippen LogP contribution < -0.4 is 5.32 Å². The van der Waals surface area contributed by atoms with E-state index in [9.17, 15) is 0 Å². The van der Waals surface area contributed by atoms with Crippen molar-refractivity contribution in [2.24, 2.45) is 11.8 Å². The number of rotatable bonds is 4. The highest BCUT2D eigenvalue weighted by Crippen LogP contribution is 2.31. The Morgan fingerprint density at radius 3 is 2.35 bits per heavy atom. The molecule has 1 aliphatic carbocycles. The first kappa shape index (κ1) is 15.6. The van der Waals surface area contributed by atoms with E-state index < -0.39 is 0 Å². The first-order chi connectivity index (χ1) is 9.49. The summed E-state index contributed by atoms with van der Waals surface area (Å²) in [6.45, 7) is 11.5. The normalized spacial score (nSPS) is 24.9. The molecule has 1 heteroatoms. The zero-order valence-corrected chi connectivity index (χ0v) is 13.9. The summed E-state index contributed by atoms with van der Waals surface area (Å²) in [5.41, 5.74) is 4.22. The minimum absolute atomic E-state index is 0.457. The van der Waals surface area contributed by atoms with Crippen LogP contribution in [0, 0.1) is 25.7 Å². The van der Waals surface area contributed by atoms with Gasteiger partial charge in [-0.15, -0.1) is 0 Å². The summed E-state index contributed by atoms with van der Waals surface area (Å²) in [7, 11) is 0. The summed E-state index contributed by atoms with van der Waals surface area (Å²) < 4.78 is 0. The monoisotopic (exact) mass is 273 g/mol. The van der Waals surface area contributed by atoms with Crippen molar-refractivity contribution in [2.75, 3.05) is 0 Å². The number of hydrogen-bond donors (Lipinski definition) is 1. The van der Waals surface area contributed by atoms with Crippen molar-refractivity contribution in [3.63, 3.8) is 0 Å². The van der Waals surface area contributed by atoms with Crippen LogP contribution in [0.25, 0.3) is 0 Å². The van der Waals surface area contributed by atoms with Gasteiger partial charge in [0.15, 0.2) is 0 Å². The number of benzene rings is 1. The first-order valence-corrected chi connectivity index (χ1v) is 8.32. The van der Waals surface area contributed by atoms with Gasteiger partial charge in [0.1, 0.15) is 0 Å². The molecule has 0 heterocycles. The molecule has 2 rings (SSSR count). The van der Waals surface area contributed by atoms with Crippen LogP contribution in [0.15, 0.2) is 18.2 Å². The molecular weight excluding hydrogens is 242 g/mol. The molecule has 1 fully saturated rings. The quantitative estimate of drug-likeness (QED) is 0.798. The van der Waals surface area contributed by atoms with E-state index in [1.165, 1.54) is 42.4 Å². The van der Waals surface area contributed by atoms with Crippen LogP contribution in [0.4, 0.5) is 0 Å². The Morgan fingerprint density at radius 1 is 1.00 bits per heavy atom. The van der Waals surface area contributed by atoms with Crippen LogP contribution in [0.3, 0.4) is 0 Å². The third-order valence-electron chi connectivity index (χ3n) is 5.17. The van der Waals surface area contributed by atoms with E-state index in [0.717, 1.165) is 11.8 Å². The first-order valence-electron chi connectivity index (χ1n) is 8.32. The molecular formula is C19H31N. The molecule has 1 nitrogen and oxygen atoms in total. The summed E-state index contributed by atoms with van der Waals surface area (Å²) in [5, 5.41) is 3.91. The minimum Gasteiger partial charge on any atom is -0.307 e. The summed E-state index contributed by atoms with van der Waals surface area (Å²) in [5.74, 6) is 1.64. The molecule has 1 N–H and O–H groups in total. The molecule has 1 aromatic rings. The number of nitrogens with one attached hydrogen (secondary N) is 1. The Hall–Kier alpha value is -0.820. The summed E-state index contributed by atoms with van der Waals surface area (Å²) in [6, 6.07) is 8.04. The maximum absolute atomic E-state index is 3.91. The molecule has 1 saturated carbocycles. The second kappa shape index (κ2) is 6.76. The summed E-state index contributed by atoms with van der Waals surface area (Å²) in [6.07, 6.45) is 5.55. The lowest BCUT2D eigenvalue weighted by Gasteiger charge is -2.37. The predicted molar refractivity (Wildman–Crippen MR) is 88.1 cm³/mol. The molecule has 0 spiro atoms. The molecule has 112 valence electrons. The molecule has 0 radical (unpaired) electrons. The summed E-state index contributed by atoms with van der Waals surface area (Å²) >= 11 is 0. The molecule has 1 aromatic carbocycles. The Bertz CT molecular complexity index is 435. The molecule has 0 bridgehead atoms. The highest BCUT2D eigenvalue weighted by atomic mass is 15.0. The Labute approximate surface area is 125 Å². The van der Waals surface area contributed by atoms with Crippen molar-refractivity contribution in [1.82, 2.24) is 5.32 Å². The molecule has 0 aliphatic heterocycles. The molecule has 0 saturated heterocycles. The van der Waals surface area contributed by atoms with Crippen LogP contribution in [0.1, 0.15) is 69.2 Å². The van der Waals surface area contributed by atoms with Gasteiger partial charge in [-0.1, -0.05) is 44.9 Å². The van der Waals surface area contributed by atoms with Gasteiger partial charge in [-0.05, 0) is 62.1 Å². The largest absolute Gasteiger partial charge is 0.307 e. The van der Waals surface area contributed by atoms with E-state index in [1.54, 1.807) is 0 Å². The van der Waals surface area contributed by atoms with Crippen LogP contribution in [-0.4, -0.2) is 6.04 Å². The lowest BCUT2D eigenvalue weighted by molar-refractivity contribution is 0.195. The van der Waals surface area contributed by atoms with Gasteiger partial charge in [-0.2, -0.15) is 0 Å². The Morgan fingerprint density at radius 2 is 1.70 bits per heavy atom. The van der Waals surface area contributed by atoms with Gasteiger partial charge in [0.25, 0.3) is 0 Å². The minimum atomic E-state index is 0.457. The standard InChI is InChI=1S/C19H31N/c1-13(2)18-8-6-7-9-19(18)20-16(5)17-11-10-14(3)15(4)12-17/h10-13,16,18-20H,6-9H2,1-5H3. The topological polar surface area (TPSA) is 12.0 Å². The molecule has 0 amide bonds. The fourth-order valence-electron chi connectivity index (χ4n) is 3.62. The third-order valence-corrected chi connectivity index (χ3v) is 5.17. The van der Waals surface area contributed by atoms with Crippen LogP contribution in [0.2, 0.25) is 0 Å². The van der Waals surface area contributed by atoms with Crippen LogP contribution in [0.5, 0.6) is 0 Å².